The van der Waals surface area contributed by atoms with Crippen LogP contribution < -0.4 is 0 Å². The third-order valence-corrected chi connectivity index (χ3v) is 5.34. The summed E-state index contributed by atoms with van der Waals surface area (Å²) in [6.45, 7) is 11.5. The molecule has 4 atom stereocenters. The van der Waals surface area contributed by atoms with E-state index in [0.717, 1.165) is 32.0 Å². The smallest absolute Gasteiger partial charge is 0.0672 e. The van der Waals surface area contributed by atoms with E-state index < -0.39 is 0 Å². The molecule has 0 spiro atoms. The van der Waals surface area contributed by atoms with Gasteiger partial charge in [0.15, 0.2) is 0 Å². The molecule has 1 saturated heterocycles. The SMILES string of the molecule is CCC1CCC(C#N)C(N2CCN(CC)C(C)C2)C1. The second-order valence-electron chi connectivity index (χ2n) is 6.36. The van der Waals surface area contributed by atoms with Crippen LogP contribution in [0, 0.1) is 23.2 Å². The summed E-state index contributed by atoms with van der Waals surface area (Å²) in [6, 6.07) is 3.74. The molecule has 0 bridgehead atoms. The monoisotopic (exact) mass is 263 g/mol. The largest absolute Gasteiger partial charge is 0.298 e. The summed E-state index contributed by atoms with van der Waals surface area (Å²) in [5, 5.41) is 9.43. The number of piperazine rings is 1. The Balaban J connectivity index is 2.00. The van der Waals surface area contributed by atoms with Crippen molar-refractivity contribution in [3.63, 3.8) is 0 Å². The summed E-state index contributed by atoms with van der Waals surface area (Å²) in [5.74, 6) is 1.11. The fraction of sp³-hybridized carbons (Fsp3) is 0.938. The second kappa shape index (κ2) is 6.72. The zero-order valence-corrected chi connectivity index (χ0v) is 12.8. The number of hydrogen-bond donors (Lipinski definition) is 0. The highest BCUT2D eigenvalue weighted by atomic mass is 15.3. The molecule has 3 heteroatoms. The van der Waals surface area contributed by atoms with Gasteiger partial charge in [0, 0.05) is 31.7 Å². The number of hydrogen-bond acceptors (Lipinski definition) is 3. The first-order chi connectivity index (χ1) is 9.19. The predicted molar refractivity (Wildman–Crippen MR) is 78.8 cm³/mol. The third-order valence-electron chi connectivity index (χ3n) is 5.34. The van der Waals surface area contributed by atoms with Gasteiger partial charge in [0.2, 0.25) is 0 Å². The molecule has 2 aliphatic rings. The van der Waals surface area contributed by atoms with Crippen LogP contribution in [-0.4, -0.2) is 48.1 Å². The summed E-state index contributed by atoms with van der Waals surface area (Å²) in [5.41, 5.74) is 0. The van der Waals surface area contributed by atoms with Crippen LogP contribution in [0.5, 0.6) is 0 Å². The number of nitrogens with zero attached hydrogens (tertiary/aromatic N) is 3. The third kappa shape index (κ3) is 3.30. The van der Waals surface area contributed by atoms with Gasteiger partial charge in [-0.2, -0.15) is 5.26 Å². The maximum atomic E-state index is 9.43. The van der Waals surface area contributed by atoms with E-state index in [2.05, 4.69) is 36.6 Å². The summed E-state index contributed by atoms with van der Waals surface area (Å²) >= 11 is 0. The van der Waals surface area contributed by atoms with Crippen molar-refractivity contribution in [2.75, 3.05) is 26.2 Å². The first kappa shape index (κ1) is 14.8. The zero-order chi connectivity index (χ0) is 13.8. The summed E-state index contributed by atoms with van der Waals surface area (Å²) in [4.78, 5) is 5.17. The van der Waals surface area contributed by atoms with Crippen LogP contribution in [-0.2, 0) is 0 Å². The fourth-order valence-corrected chi connectivity index (χ4v) is 3.95. The molecule has 108 valence electrons. The topological polar surface area (TPSA) is 30.3 Å². The normalized spacial score (nSPS) is 38.0. The molecule has 4 unspecified atom stereocenters. The van der Waals surface area contributed by atoms with Gasteiger partial charge in [-0.3, -0.25) is 9.80 Å². The Labute approximate surface area is 118 Å². The Morgan fingerprint density at radius 3 is 2.58 bits per heavy atom. The van der Waals surface area contributed by atoms with Gasteiger partial charge in [0.25, 0.3) is 0 Å². The Bertz CT molecular complexity index is 322. The number of nitriles is 1. The Hall–Kier alpha value is -0.590. The van der Waals surface area contributed by atoms with Crippen LogP contribution in [0.25, 0.3) is 0 Å². The van der Waals surface area contributed by atoms with Crippen LogP contribution in [0.15, 0.2) is 0 Å². The molecule has 1 saturated carbocycles. The van der Waals surface area contributed by atoms with Gasteiger partial charge < -0.3 is 0 Å². The molecule has 0 radical (unpaired) electrons. The summed E-state index contributed by atoms with van der Waals surface area (Å²) in [7, 11) is 0. The van der Waals surface area contributed by atoms with Crippen LogP contribution >= 0.6 is 0 Å². The van der Waals surface area contributed by atoms with Crippen molar-refractivity contribution in [2.45, 2.75) is 58.5 Å². The Kier molecular flexibility index (Phi) is 5.24. The highest BCUT2D eigenvalue weighted by Crippen LogP contribution is 2.34. The van der Waals surface area contributed by atoms with Gasteiger partial charge in [-0.25, -0.2) is 0 Å². The van der Waals surface area contributed by atoms with E-state index in [-0.39, 0.29) is 5.92 Å². The molecule has 0 aromatic heterocycles. The quantitative estimate of drug-likeness (QED) is 0.784. The summed E-state index contributed by atoms with van der Waals surface area (Å²) < 4.78 is 0. The van der Waals surface area contributed by atoms with Crippen LogP contribution in [0.2, 0.25) is 0 Å². The molecule has 0 aromatic carbocycles. The van der Waals surface area contributed by atoms with Gasteiger partial charge in [-0.1, -0.05) is 20.3 Å². The number of likely N-dealkylation sites (N-methyl/N-ethyl adjacent to an activating group) is 1. The molecule has 0 aromatic rings. The van der Waals surface area contributed by atoms with E-state index in [1.165, 1.54) is 25.8 Å². The van der Waals surface area contributed by atoms with Gasteiger partial charge in [0.1, 0.15) is 0 Å². The van der Waals surface area contributed by atoms with Crippen molar-refractivity contribution >= 4 is 0 Å². The molecule has 1 heterocycles. The van der Waals surface area contributed by atoms with E-state index >= 15 is 0 Å². The standard InChI is InChI=1S/C16H29N3/c1-4-14-6-7-15(11-17)16(10-14)19-9-8-18(5-2)13(3)12-19/h13-16H,4-10,12H2,1-3H3. The average Bonchev–Trinajstić information content (AvgIpc) is 2.46. The first-order valence-electron chi connectivity index (χ1n) is 8.07. The second-order valence-corrected chi connectivity index (χ2v) is 6.36. The van der Waals surface area contributed by atoms with Crippen molar-refractivity contribution in [3.8, 4) is 6.07 Å². The van der Waals surface area contributed by atoms with E-state index in [1.54, 1.807) is 0 Å². The Morgan fingerprint density at radius 1 is 1.21 bits per heavy atom. The van der Waals surface area contributed by atoms with E-state index in [1.807, 2.05) is 0 Å². The highest BCUT2D eigenvalue weighted by Gasteiger charge is 2.36. The molecule has 3 nitrogen and oxygen atoms in total. The minimum atomic E-state index is 0.267. The zero-order valence-electron chi connectivity index (χ0n) is 12.8. The maximum Gasteiger partial charge on any atom is 0.0672 e. The molecule has 1 aliphatic carbocycles. The molecule has 2 fully saturated rings. The maximum absolute atomic E-state index is 9.43. The molecular weight excluding hydrogens is 234 g/mol. The first-order valence-corrected chi connectivity index (χ1v) is 8.07. The van der Waals surface area contributed by atoms with Gasteiger partial charge in [-0.15, -0.1) is 0 Å². The molecule has 0 amide bonds. The van der Waals surface area contributed by atoms with Gasteiger partial charge in [0.05, 0.1) is 12.0 Å². The van der Waals surface area contributed by atoms with E-state index in [9.17, 15) is 5.26 Å². The van der Waals surface area contributed by atoms with Crippen LogP contribution in [0.1, 0.15) is 46.5 Å². The predicted octanol–water partition coefficient (Wildman–Crippen LogP) is 2.73. The van der Waals surface area contributed by atoms with Gasteiger partial charge in [-0.05, 0) is 38.6 Å². The van der Waals surface area contributed by atoms with Crippen molar-refractivity contribution in [2.24, 2.45) is 11.8 Å². The van der Waals surface area contributed by atoms with Crippen molar-refractivity contribution in [3.05, 3.63) is 0 Å². The van der Waals surface area contributed by atoms with Crippen molar-refractivity contribution in [1.82, 2.24) is 9.80 Å². The van der Waals surface area contributed by atoms with E-state index in [0.29, 0.717) is 12.1 Å². The Morgan fingerprint density at radius 2 is 2.00 bits per heavy atom. The lowest BCUT2D eigenvalue weighted by Crippen LogP contribution is -2.57. The lowest BCUT2D eigenvalue weighted by Gasteiger charge is -2.46. The lowest BCUT2D eigenvalue weighted by atomic mass is 9.77. The molecule has 2 rings (SSSR count). The number of rotatable bonds is 3. The summed E-state index contributed by atoms with van der Waals surface area (Å²) in [6.07, 6.45) is 4.89. The van der Waals surface area contributed by atoms with Crippen LogP contribution in [0.3, 0.4) is 0 Å². The average molecular weight is 263 g/mol. The molecule has 19 heavy (non-hydrogen) atoms. The minimum absolute atomic E-state index is 0.267. The van der Waals surface area contributed by atoms with Crippen LogP contribution in [0.4, 0.5) is 0 Å². The van der Waals surface area contributed by atoms with E-state index in [4.69, 9.17) is 0 Å². The van der Waals surface area contributed by atoms with Crippen molar-refractivity contribution < 1.29 is 0 Å². The minimum Gasteiger partial charge on any atom is -0.298 e. The molecule has 0 N–H and O–H groups in total. The van der Waals surface area contributed by atoms with Gasteiger partial charge >= 0.3 is 0 Å². The molecule has 1 aliphatic heterocycles. The highest BCUT2D eigenvalue weighted by molar-refractivity contribution is 4.99. The molecular formula is C16H29N3. The lowest BCUT2D eigenvalue weighted by molar-refractivity contribution is 0.0235. The fourth-order valence-electron chi connectivity index (χ4n) is 3.95. The van der Waals surface area contributed by atoms with Crippen molar-refractivity contribution in [1.29, 1.82) is 5.26 Å².